The van der Waals surface area contributed by atoms with E-state index in [0.29, 0.717) is 36.4 Å². The fourth-order valence-corrected chi connectivity index (χ4v) is 9.31. The number of rotatable bonds is 13. The van der Waals surface area contributed by atoms with Crippen LogP contribution in [-0.2, 0) is 4.74 Å². The third-order valence-electron chi connectivity index (χ3n) is 12.0. The number of benzene rings is 3. The molecule has 262 valence electrons. The maximum Gasteiger partial charge on any atom is 0.200 e. The van der Waals surface area contributed by atoms with Gasteiger partial charge in [-0.15, -0.1) is 0 Å². The average molecular weight is 653 g/mol. The van der Waals surface area contributed by atoms with E-state index in [1.807, 2.05) is 0 Å². The van der Waals surface area contributed by atoms with Crippen LogP contribution in [-0.4, -0.2) is 19.5 Å². The van der Waals surface area contributed by atoms with Gasteiger partial charge in [-0.2, -0.15) is 0 Å². The smallest absolute Gasteiger partial charge is 0.200 e. The Balaban J connectivity index is 1.09. The van der Waals surface area contributed by atoms with Gasteiger partial charge in [0, 0.05) is 6.42 Å². The van der Waals surface area contributed by atoms with Crippen LogP contribution < -0.4 is 9.47 Å². The van der Waals surface area contributed by atoms with Crippen molar-refractivity contribution in [1.82, 2.24) is 0 Å². The topological polar surface area (TPSA) is 27.7 Å². The van der Waals surface area contributed by atoms with Gasteiger partial charge in [0.25, 0.3) is 0 Å². The lowest BCUT2D eigenvalue weighted by Crippen LogP contribution is -2.32. The van der Waals surface area contributed by atoms with Crippen molar-refractivity contribution in [2.45, 2.75) is 143 Å². The highest BCUT2D eigenvalue weighted by atomic mass is 16.7. The van der Waals surface area contributed by atoms with E-state index in [2.05, 4.69) is 95.3 Å². The van der Waals surface area contributed by atoms with Gasteiger partial charge in [0.15, 0.2) is 6.29 Å². The summed E-state index contributed by atoms with van der Waals surface area (Å²) in [6, 6.07) is 22.5. The lowest BCUT2D eigenvalue weighted by Gasteiger charge is -2.40. The molecule has 3 aliphatic rings. The largest absolute Gasteiger partial charge is 0.491 e. The molecular formula is C45H64O3. The molecule has 0 bridgehead atoms. The number of fused-ring (bicyclic) bond motifs is 2. The first-order chi connectivity index (χ1) is 23.2. The van der Waals surface area contributed by atoms with Crippen molar-refractivity contribution in [1.29, 1.82) is 0 Å². The summed E-state index contributed by atoms with van der Waals surface area (Å²) < 4.78 is 19.4. The van der Waals surface area contributed by atoms with E-state index in [9.17, 15) is 0 Å². The molecule has 6 rings (SSSR count). The molecule has 0 aliphatic heterocycles. The first kappa shape index (κ1) is 35.3. The van der Waals surface area contributed by atoms with Crippen LogP contribution in [0, 0.1) is 29.1 Å². The highest BCUT2D eigenvalue weighted by Gasteiger charge is 2.33. The van der Waals surface area contributed by atoms with Crippen LogP contribution in [0.4, 0.5) is 0 Å². The Morgan fingerprint density at radius 3 is 2.12 bits per heavy atom. The lowest BCUT2D eigenvalue weighted by molar-refractivity contribution is -0.103. The van der Waals surface area contributed by atoms with Crippen LogP contribution in [0.25, 0.3) is 10.8 Å². The van der Waals surface area contributed by atoms with E-state index in [4.69, 9.17) is 14.2 Å². The van der Waals surface area contributed by atoms with E-state index < -0.39 is 0 Å². The van der Waals surface area contributed by atoms with Gasteiger partial charge in [-0.25, -0.2) is 0 Å². The SMILES string of the molecule is CC(C)C(CC(C)(C)C)c1ccc2cc(OC(CC3CCC4CCCCC4C3)OCCOc3ccc(C4CCCCC4)cc3)ccc2c1. The molecule has 5 atom stereocenters. The Morgan fingerprint density at radius 2 is 1.38 bits per heavy atom. The summed E-state index contributed by atoms with van der Waals surface area (Å²) in [5.41, 5.74) is 3.22. The Bertz CT molecular complexity index is 1410. The Kier molecular flexibility index (Phi) is 12.1. The second-order valence-corrected chi connectivity index (χ2v) is 17.3. The van der Waals surface area contributed by atoms with E-state index in [-0.39, 0.29) is 6.29 Å². The molecule has 3 aromatic rings. The third kappa shape index (κ3) is 9.80. The van der Waals surface area contributed by atoms with Crippen molar-refractivity contribution < 1.29 is 14.2 Å². The van der Waals surface area contributed by atoms with Gasteiger partial charge in [0.2, 0.25) is 0 Å². The van der Waals surface area contributed by atoms with Crippen LogP contribution >= 0.6 is 0 Å². The van der Waals surface area contributed by atoms with Crippen molar-refractivity contribution in [3.63, 3.8) is 0 Å². The molecule has 0 heterocycles. The summed E-state index contributed by atoms with van der Waals surface area (Å²) >= 11 is 0. The first-order valence-corrected chi connectivity index (χ1v) is 19.7. The minimum Gasteiger partial charge on any atom is -0.491 e. The van der Waals surface area contributed by atoms with Crippen molar-refractivity contribution in [3.8, 4) is 11.5 Å². The van der Waals surface area contributed by atoms with Crippen molar-refractivity contribution in [2.75, 3.05) is 13.2 Å². The fourth-order valence-electron chi connectivity index (χ4n) is 9.31. The molecule has 0 aromatic heterocycles. The van der Waals surface area contributed by atoms with Gasteiger partial charge in [-0.1, -0.05) is 116 Å². The summed E-state index contributed by atoms with van der Waals surface area (Å²) in [7, 11) is 0. The molecule has 0 radical (unpaired) electrons. The molecule has 3 nitrogen and oxygen atoms in total. The summed E-state index contributed by atoms with van der Waals surface area (Å²) in [4.78, 5) is 0. The Labute approximate surface area is 292 Å². The highest BCUT2D eigenvalue weighted by molar-refractivity contribution is 5.84. The molecule has 3 aromatic carbocycles. The third-order valence-corrected chi connectivity index (χ3v) is 12.0. The van der Waals surface area contributed by atoms with E-state index >= 15 is 0 Å². The molecule has 0 spiro atoms. The zero-order chi connectivity index (χ0) is 33.5. The van der Waals surface area contributed by atoms with Gasteiger partial charge >= 0.3 is 0 Å². The maximum absolute atomic E-state index is 6.70. The predicted molar refractivity (Wildman–Crippen MR) is 201 cm³/mol. The van der Waals surface area contributed by atoms with Crippen molar-refractivity contribution in [3.05, 3.63) is 71.8 Å². The van der Waals surface area contributed by atoms with Crippen LogP contribution in [0.15, 0.2) is 60.7 Å². The summed E-state index contributed by atoms with van der Waals surface area (Å²) in [5.74, 6) is 6.25. The predicted octanol–water partition coefficient (Wildman–Crippen LogP) is 12.9. The average Bonchev–Trinajstić information content (AvgIpc) is 3.09. The maximum atomic E-state index is 6.70. The fraction of sp³-hybridized carbons (Fsp3) is 0.644. The van der Waals surface area contributed by atoms with Gasteiger partial charge in [-0.3, -0.25) is 0 Å². The monoisotopic (exact) mass is 652 g/mol. The van der Waals surface area contributed by atoms with Gasteiger partial charge < -0.3 is 14.2 Å². The Morgan fingerprint density at radius 1 is 0.688 bits per heavy atom. The van der Waals surface area contributed by atoms with Crippen LogP contribution in [0.2, 0.25) is 0 Å². The first-order valence-electron chi connectivity index (χ1n) is 19.7. The summed E-state index contributed by atoms with van der Waals surface area (Å²) in [6.07, 6.45) is 18.4. The van der Waals surface area contributed by atoms with Crippen LogP contribution in [0.5, 0.6) is 11.5 Å². The Hall–Kier alpha value is -2.52. The van der Waals surface area contributed by atoms with Crippen molar-refractivity contribution in [2.24, 2.45) is 29.1 Å². The number of hydrogen-bond donors (Lipinski definition) is 0. The minimum atomic E-state index is -0.263. The quantitative estimate of drug-likeness (QED) is 0.136. The second-order valence-electron chi connectivity index (χ2n) is 17.3. The molecule has 48 heavy (non-hydrogen) atoms. The van der Waals surface area contributed by atoms with Crippen LogP contribution in [0.3, 0.4) is 0 Å². The molecule has 0 saturated heterocycles. The molecule has 5 unspecified atom stereocenters. The molecular weight excluding hydrogens is 588 g/mol. The molecule has 3 fully saturated rings. The van der Waals surface area contributed by atoms with E-state index in [0.717, 1.165) is 35.7 Å². The zero-order valence-corrected chi connectivity index (χ0v) is 30.9. The van der Waals surface area contributed by atoms with E-state index in [1.165, 1.54) is 105 Å². The van der Waals surface area contributed by atoms with Crippen molar-refractivity contribution >= 4 is 10.8 Å². The summed E-state index contributed by atoms with van der Waals surface area (Å²) in [6.45, 7) is 12.8. The van der Waals surface area contributed by atoms with Gasteiger partial charge in [0.1, 0.15) is 18.1 Å². The normalized spacial score (nSPS) is 23.5. The lowest BCUT2D eigenvalue weighted by atomic mass is 9.67. The zero-order valence-electron chi connectivity index (χ0n) is 30.9. The van der Waals surface area contributed by atoms with Gasteiger partial charge in [-0.05, 0) is 126 Å². The van der Waals surface area contributed by atoms with Crippen LogP contribution in [0.1, 0.15) is 147 Å². The van der Waals surface area contributed by atoms with E-state index in [1.54, 1.807) is 0 Å². The molecule has 0 amide bonds. The van der Waals surface area contributed by atoms with Gasteiger partial charge in [0.05, 0.1) is 6.61 Å². The molecule has 0 N–H and O–H groups in total. The number of hydrogen-bond acceptors (Lipinski definition) is 3. The molecule has 3 saturated carbocycles. The molecule has 3 heteroatoms. The summed E-state index contributed by atoms with van der Waals surface area (Å²) in [5, 5.41) is 2.52. The standard InChI is InChI=1S/C45H64O3/c1-32(2)43(31-45(3,4)5)40-18-17-39-30-42(24-21-38(39)29-40)48-44(28-33-15-16-35-13-9-10-14-37(35)27-33)47-26-25-46-41-22-19-36(20-23-41)34-11-7-6-8-12-34/h17-24,29-30,32-35,37,43-44H,6-16,25-28,31H2,1-5H3. The number of ether oxygens (including phenoxy) is 3. The highest BCUT2D eigenvalue weighted by Crippen LogP contribution is 2.44. The minimum absolute atomic E-state index is 0.263. The molecule has 3 aliphatic carbocycles. The second kappa shape index (κ2) is 16.5.